The molecule has 0 fully saturated rings. The summed E-state index contributed by atoms with van der Waals surface area (Å²) in [7, 11) is -8.70. The Hall–Kier alpha value is -2.54. The van der Waals surface area contributed by atoms with Crippen molar-refractivity contribution in [1.82, 2.24) is 9.19 Å². The first-order chi connectivity index (χ1) is 17.2. The Bertz CT molecular complexity index is 1750. The fourth-order valence-corrected chi connectivity index (χ4v) is 7.66. The van der Waals surface area contributed by atoms with Crippen molar-refractivity contribution in [2.45, 2.75) is 22.1 Å². The lowest BCUT2D eigenvalue weighted by atomic mass is 10.2. The molecule has 0 saturated carbocycles. The van der Waals surface area contributed by atoms with Gasteiger partial charge < -0.3 is 10.4 Å². The van der Waals surface area contributed by atoms with Crippen LogP contribution in [0, 0.1) is 6.92 Å². The van der Waals surface area contributed by atoms with Gasteiger partial charge in [-0.2, -0.15) is 17.6 Å². The molecule has 0 saturated heterocycles. The summed E-state index contributed by atoms with van der Waals surface area (Å²) in [6, 6.07) is 11.4. The Kier molecular flexibility index (Phi) is 7.41. The molecule has 1 aromatic heterocycles. The third kappa shape index (κ3) is 5.38. The van der Waals surface area contributed by atoms with Gasteiger partial charge in [0, 0.05) is 31.2 Å². The smallest absolute Gasteiger partial charge is 0.342 e. The molecular weight excluding hydrogens is 608 g/mol. The number of hydrogen-bond acceptors (Lipinski definition) is 7. The van der Waals surface area contributed by atoms with Crippen LogP contribution in [0.1, 0.15) is 5.69 Å². The Balaban J connectivity index is 1.76. The summed E-state index contributed by atoms with van der Waals surface area (Å²) in [5, 5.41) is 14.8. The monoisotopic (exact) mass is 621 g/mol. The maximum atomic E-state index is 13.2. The van der Waals surface area contributed by atoms with Crippen molar-refractivity contribution >= 4 is 88.8 Å². The van der Waals surface area contributed by atoms with E-state index >= 15 is 0 Å². The van der Waals surface area contributed by atoms with Crippen LogP contribution in [0.3, 0.4) is 0 Å². The molecule has 0 aliphatic carbocycles. The lowest BCUT2D eigenvalue weighted by molar-refractivity contribution is -0.136. The van der Waals surface area contributed by atoms with Crippen LogP contribution in [0.5, 0.6) is 0 Å². The number of aliphatic carboxylic acids is 1. The number of rotatable bonds is 7. The SMILES string of the molecule is Cc1nn(S(=O)(=O)c2cc(Cl)cc(Cl)c2)c2ccc(NC(C(=O)O)S(=O)(=O)c3cc(Cl)cc(Cl)c3)cc12. The molecule has 0 bridgehead atoms. The van der Waals surface area contributed by atoms with E-state index < -0.39 is 31.2 Å². The highest BCUT2D eigenvalue weighted by molar-refractivity contribution is 7.93. The van der Waals surface area contributed by atoms with E-state index in [0.29, 0.717) is 5.39 Å². The van der Waals surface area contributed by atoms with Crippen molar-refractivity contribution in [3.8, 4) is 0 Å². The van der Waals surface area contributed by atoms with Crippen LogP contribution < -0.4 is 5.32 Å². The van der Waals surface area contributed by atoms with Crippen molar-refractivity contribution in [3.05, 3.63) is 80.4 Å². The molecule has 15 heteroatoms. The maximum absolute atomic E-state index is 13.2. The summed E-state index contributed by atoms with van der Waals surface area (Å²) in [6.45, 7) is 1.54. The number of aromatic nitrogens is 2. The molecule has 0 aliphatic heterocycles. The zero-order valence-electron chi connectivity index (χ0n) is 18.5. The summed E-state index contributed by atoms with van der Waals surface area (Å²) in [4.78, 5) is 11.4. The Labute approximate surface area is 231 Å². The van der Waals surface area contributed by atoms with Crippen LogP contribution in [-0.2, 0) is 24.7 Å². The van der Waals surface area contributed by atoms with E-state index in [9.17, 15) is 26.7 Å². The number of benzene rings is 3. The van der Waals surface area contributed by atoms with Crippen molar-refractivity contribution in [2.75, 3.05) is 5.32 Å². The third-order valence-electron chi connectivity index (χ3n) is 5.19. The number of nitrogens with one attached hydrogen (secondary N) is 1. The van der Waals surface area contributed by atoms with Gasteiger partial charge in [-0.25, -0.2) is 13.2 Å². The molecule has 1 unspecified atom stereocenters. The molecule has 37 heavy (non-hydrogen) atoms. The molecule has 0 aliphatic rings. The van der Waals surface area contributed by atoms with Crippen molar-refractivity contribution in [1.29, 1.82) is 0 Å². The number of anilines is 1. The molecule has 4 rings (SSSR count). The second-order valence-corrected chi connectivity index (χ2v) is 13.3. The highest BCUT2D eigenvalue weighted by atomic mass is 35.5. The normalized spacial score (nSPS) is 13.0. The second-order valence-electron chi connectivity index (χ2n) is 7.78. The Morgan fingerprint density at radius 2 is 1.38 bits per heavy atom. The number of carboxylic acids is 1. The number of carbonyl (C=O) groups is 1. The van der Waals surface area contributed by atoms with E-state index in [1.165, 1.54) is 42.5 Å². The number of aryl methyl sites for hydroxylation is 1. The predicted octanol–water partition coefficient (Wildman–Crippen LogP) is 5.49. The molecule has 1 atom stereocenters. The van der Waals surface area contributed by atoms with E-state index in [4.69, 9.17) is 46.4 Å². The van der Waals surface area contributed by atoms with Gasteiger partial charge in [-0.05, 0) is 61.5 Å². The quantitative estimate of drug-likeness (QED) is 0.276. The number of hydrogen-bond donors (Lipinski definition) is 2. The van der Waals surface area contributed by atoms with Gasteiger partial charge in [-0.1, -0.05) is 46.4 Å². The van der Waals surface area contributed by atoms with E-state index in [-0.39, 0.29) is 46.8 Å². The molecule has 9 nitrogen and oxygen atoms in total. The minimum Gasteiger partial charge on any atom is -0.479 e. The first-order valence-electron chi connectivity index (χ1n) is 10.1. The molecule has 0 amide bonds. The van der Waals surface area contributed by atoms with Gasteiger partial charge in [-0.3, -0.25) is 0 Å². The summed E-state index contributed by atoms with van der Waals surface area (Å²) >= 11 is 23.7. The van der Waals surface area contributed by atoms with Crippen LogP contribution in [-0.4, -0.2) is 42.5 Å². The van der Waals surface area contributed by atoms with Gasteiger partial charge in [0.1, 0.15) is 0 Å². The maximum Gasteiger partial charge on any atom is 0.342 e. The van der Waals surface area contributed by atoms with Gasteiger partial charge >= 0.3 is 5.97 Å². The van der Waals surface area contributed by atoms with Crippen LogP contribution >= 0.6 is 46.4 Å². The van der Waals surface area contributed by atoms with Gasteiger partial charge in [0.25, 0.3) is 10.0 Å². The van der Waals surface area contributed by atoms with Crippen LogP contribution in [0.25, 0.3) is 10.9 Å². The van der Waals surface area contributed by atoms with Gasteiger partial charge in [-0.15, -0.1) is 0 Å². The lowest BCUT2D eigenvalue weighted by Gasteiger charge is -2.17. The number of carboxylic acid groups (broad SMARTS) is 1. The largest absolute Gasteiger partial charge is 0.479 e. The van der Waals surface area contributed by atoms with E-state index in [1.54, 1.807) is 6.92 Å². The number of fused-ring (bicyclic) bond motifs is 1. The molecule has 1 heterocycles. The van der Waals surface area contributed by atoms with Gasteiger partial charge in [0.15, 0.2) is 0 Å². The number of nitrogens with zero attached hydrogens (tertiary/aromatic N) is 2. The second kappa shape index (κ2) is 9.97. The van der Waals surface area contributed by atoms with Gasteiger partial charge in [0.2, 0.25) is 15.2 Å². The van der Waals surface area contributed by atoms with Gasteiger partial charge in [0.05, 0.1) is 21.0 Å². The molecular formula is C22H15Cl4N3O6S2. The first-order valence-corrected chi connectivity index (χ1v) is 14.6. The molecule has 2 N–H and O–H groups in total. The molecule has 0 spiro atoms. The lowest BCUT2D eigenvalue weighted by Crippen LogP contribution is -2.37. The summed E-state index contributed by atoms with van der Waals surface area (Å²) in [5.41, 5.74) is 0.532. The van der Waals surface area contributed by atoms with Crippen molar-refractivity contribution in [3.63, 3.8) is 0 Å². The highest BCUT2D eigenvalue weighted by Crippen LogP contribution is 2.30. The topological polar surface area (TPSA) is 135 Å². The minimum absolute atomic E-state index is 0.0156. The van der Waals surface area contributed by atoms with Crippen LogP contribution in [0.15, 0.2) is 64.4 Å². The highest BCUT2D eigenvalue weighted by Gasteiger charge is 2.35. The zero-order valence-corrected chi connectivity index (χ0v) is 23.1. The molecule has 3 aromatic carbocycles. The average Bonchev–Trinajstić information content (AvgIpc) is 3.12. The third-order valence-corrected chi connectivity index (χ3v) is 9.46. The standard InChI is InChI=1S/C22H15Cl4N3O6S2/c1-11-19-10-16(27-21(22(30)31)36(32,33)17-6-12(23)4-13(24)7-17)2-3-20(19)29(28-11)37(34,35)18-8-14(25)5-15(26)9-18/h2-10,21,27H,1H3,(H,30,31). The van der Waals surface area contributed by atoms with E-state index in [0.717, 1.165) is 16.2 Å². The minimum atomic E-state index is -4.49. The van der Waals surface area contributed by atoms with Crippen LogP contribution in [0.4, 0.5) is 5.69 Å². The number of sulfone groups is 1. The summed E-state index contributed by atoms with van der Waals surface area (Å²) in [6.07, 6.45) is 0. The first kappa shape index (κ1) is 27.5. The van der Waals surface area contributed by atoms with Crippen LogP contribution in [0.2, 0.25) is 20.1 Å². The average molecular weight is 623 g/mol. The zero-order chi connectivity index (χ0) is 27.3. The molecule has 194 valence electrons. The predicted molar refractivity (Wildman–Crippen MR) is 142 cm³/mol. The van der Waals surface area contributed by atoms with E-state index in [1.807, 2.05) is 0 Å². The molecule has 0 radical (unpaired) electrons. The Morgan fingerprint density at radius 3 is 1.89 bits per heavy atom. The summed E-state index contributed by atoms with van der Waals surface area (Å²) in [5.74, 6) is -1.68. The molecule has 4 aromatic rings. The van der Waals surface area contributed by atoms with E-state index in [2.05, 4.69) is 10.4 Å². The number of halogens is 4. The Morgan fingerprint density at radius 1 is 0.865 bits per heavy atom. The fraction of sp³-hybridized carbons (Fsp3) is 0.0909. The van der Waals surface area contributed by atoms with Crippen molar-refractivity contribution in [2.24, 2.45) is 0 Å². The summed E-state index contributed by atoms with van der Waals surface area (Å²) < 4.78 is 53.5. The van der Waals surface area contributed by atoms with Crippen molar-refractivity contribution < 1.29 is 26.7 Å². The fourth-order valence-electron chi connectivity index (χ4n) is 3.54.